The van der Waals surface area contributed by atoms with Crippen molar-refractivity contribution >= 4 is 21.1 Å². The van der Waals surface area contributed by atoms with E-state index in [1.165, 1.54) is 38.0 Å². The summed E-state index contributed by atoms with van der Waals surface area (Å²) in [7, 11) is -9.99. The lowest BCUT2D eigenvalue weighted by Gasteiger charge is -2.40. The first-order valence-electron chi connectivity index (χ1n) is 10.7. The monoisotopic (exact) mass is 505 g/mol. The van der Waals surface area contributed by atoms with Crippen LogP contribution in [0, 0.1) is 6.92 Å². The Morgan fingerprint density at radius 1 is 1.06 bits per heavy atom. The fourth-order valence-corrected chi connectivity index (χ4v) is 4.73. The minimum Gasteiger partial charge on any atom is -0.506 e. The van der Waals surface area contributed by atoms with Crippen LogP contribution in [0.25, 0.3) is 16.6 Å². The lowest BCUT2D eigenvalue weighted by atomic mass is 10.2. The Bertz CT molecular complexity index is 1310. The Morgan fingerprint density at radius 2 is 1.76 bits per heavy atom. The molecule has 4 rings (SSSR count). The summed E-state index contributed by atoms with van der Waals surface area (Å²) >= 11 is 0. The van der Waals surface area contributed by atoms with Crippen molar-refractivity contribution in [3.8, 4) is 17.2 Å². The number of ether oxygens (including phenoxy) is 1. The second-order valence-corrected chi connectivity index (χ2v) is 10.8. The maximum atomic E-state index is 13.2. The van der Waals surface area contributed by atoms with Gasteiger partial charge in [0.2, 0.25) is 0 Å². The third kappa shape index (κ3) is 5.12. The normalized spacial score (nSPS) is 17.0. The van der Waals surface area contributed by atoms with Crippen LogP contribution in [0.1, 0.15) is 25.1 Å². The zero-order valence-corrected chi connectivity index (χ0v) is 19.1. The van der Waals surface area contributed by atoms with Crippen LogP contribution in [0.3, 0.4) is 0 Å². The van der Waals surface area contributed by atoms with E-state index in [2.05, 4.69) is 9.88 Å². The van der Waals surface area contributed by atoms with Crippen LogP contribution in [0.5, 0.6) is 11.5 Å². The zero-order valence-electron chi connectivity index (χ0n) is 18.3. The third-order valence-electron chi connectivity index (χ3n) is 5.73. The lowest BCUT2D eigenvalue weighted by Crippen LogP contribution is -2.23. The van der Waals surface area contributed by atoms with E-state index in [9.17, 15) is 29.3 Å². The number of aromatic hydroxyl groups is 1. The summed E-state index contributed by atoms with van der Waals surface area (Å²) in [6.07, 6.45) is 3.18. The number of halogens is 5. The molecular weight excluding hydrogens is 481 g/mol. The average Bonchev–Trinajstić information content (AvgIpc) is 3.24. The largest absolute Gasteiger partial charge is 0.506 e. The number of benzene rings is 2. The molecule has 6 nitrogen and oxygen atoms in total. The van der Waals surface area contributed by atoms with Gasteiger partial charge in [-0.05, 0) is 69.6 Å². The van der Waals surface area contributed by atoms with Gasteiger partial charge < -0.3 is 14.7 Å². The number of likely N-dealkylation sites (tertiary alicyclic amines) is 1. The molecule has 0 bridgehead atoms. The van der Waals surface area contributed by atoms with Crippen molar-refractivity contribution in [2.24, 2.45) is 0 Å². The molecule has 0 saturated carbocycles. The molecule has 186 valence electrons. The van der Waals surface area contributed by atoms with E-state index in [1.54, 1.807) is 0 Å². The topological polar surface area (TPSA) is 67.6 Å². The molecule has 2 aromatic carbocycles. The quantitative estimate of drug-likeness (QED) is 0.319. The molecule has 1 aromatic heterocycles. The van der Waals surface area contributed by atoms with Crippen LogP contribution < -0.4 is 10.3 Å². The maximum Gasteiger partial charge on any atom is 0.310 e. The summed E-state index contributed by atoms with van der Waals surface area (Å²) in [4.78, 5) is 17.2. The molecule has 2 heterocycles. The summed E-state index contributed by atoms with van der Waals surface area (Å²) < 4.78 is 72.8. The van der Waals surface area contributed by atoms with Crippen molar-refractivity contribution in [3.05, 3.63) is 52.6 Å². The lowest BCUT2D eigenvalue weighted by molar-refractivity contribution is 0.262. The third-order valence-corrected chi connectivity index (χ3v) is 6.87. The summed E-state index contributed by atoms with van der Waals surface area (Å²) in [5.74, 6) is 0.0461. The number of hydrogen-bond acceptors (Lipinski definition) is 5. The van der Waals surface area contributed by atoms with Crippen LogP contribution in [0.2, 0.25) is 0 Å². The molecule has 1 aliphatic heterocycles. The van der Waals surface area contributed by atoms with Crippen LogP contribution in [-0.2, 0) is 0 Å². The molecule has 1 saturated heterocycles. The highest BCUT2D eigenvalue weighted by Gasteiger charge is 2.65. The van der Waals surface area contributed by atoms with Gasteiger partial charge in [0, 0.05) is 12.6 Å². The molecule has 0 amide bonds. The van der Waals surface area contributed by atoms with Crippen LogP contribution in [-0.4, -0.2) is 45.8 Å². The molecule has 0 aliphatic carbocycles. The van der Waals surface area contributed by atoms with Gasteiger partial charge in [0.1, 0.15) is 22.2 Å². The van der Waals surface area contributed by atoms with Gasteiger partial charge in [0.15, 0.2) is 0 Å². The molecule has 1 N–H and O–H groups in total. The Labute approximate surface area is 192 Å². The van der Waals surface area contributed by atoms with Gasteiger partial charge in [-0.1, -0.05) is 19.4 Å². The smallest absolute Gasteiger partial charge is 0.310 e. The van der Waals surface area contributed by atoms with Gasteiger partial charge in [-0.15, -0.1) is 0 Å². The van der Waals surface area contributed by atoms with Crippen molar-refractivity contribution in [1.29, 1.82) is 0 Å². The highest BCUT2D eigenvalue weighted by Crippen LogP contribution is 3.02. The van der Waals surface area contributed by atoms with E-state index >= 15 is 0 Å². The first kappa shape index (κ1) is 24.3. The van der Waals surface area contributed by atoms with Gasteiger partial charge in [-0.2, -0.15) is 0 Å². The highest BCUT2D eigenvalue weighted by atomic mass is 32.5. The SMILES string of the molecule is Cc1nc2ccc(S(F)(F)(F)(F)F)cc2c(=O)n1-c1ccc(OCCCN2CCCC2)cc1O. The minimum absolute atomic E-state index is 0.0564. The molecule has 0 unspecified atom stereocenters. The number of fused-ring (bicyclic) bond motifs is 1. The molecule has 34 heavy (non-hydrogen) atoms. The van der Waals surface area contributed by atoms with E-state index < -0.39 is 26.1 Å². The second kappa shape index (κ2) is 7.84. The Morgan fingerprint density at radius 3 is 2.41 bits per heavy atom. The van der Waals surface area contributed by atoms with Gasteiger partial charge in [0.25, 0.3) is 5.56 Å². The molecule has 3 aromatic rings. The number of phenols is 1. The van der Waals surface area contributed by atoms with Gasteiger partial charge >= 0.3 is 10.2 Å². The van der Waals surface area contributed by atoms with Crippen molar-refractivity contribution in [2.45, 2.75) is 31.1 Å². The molecular formula is C22H24F5N3O3S. The molecule has 0 atom stereocenters. The Balaban J connectivity index is 1.63. The average molecular weight is 506 g/mol. The minimum atomic E-state index is -9.99. The van der Waals surface area contributed by atoms with Crippen molar-refractivity contribution in [1.82, 2.24) is 14.5 Å². The number of nitrogens with zero attached hydrogens (tertiary/aromatic N) is 3. The van der Waals surface area contributed by atoms with Gasteiger partial charge in [-0.25, -0.2) is 4.98 Å². The van der Waals surface area contributed by atoms with Crippen LogP contribution in [0.4, 0.5) is 19.4 Å². The number of phenolic OH excluding ortho intramolecular Hbond substituents is 1. The molecule has 0 spiro atoms. The second-order valence-electron chi connectivity index (χ2n) is 8.35. The Hall–Kier alpha value is -2.86. The van der Waals surface area contributed by atoms with Crippen LogP contribution >= 0.6 is 10.2 Å². The van der Waals surface area contributed by atoms with Crippen LogP contribution in [0.15, 0.2) is 46.1 Å². The number of aromatic nitrogens is 2. The fraction of sp³-hybridized carbons (Fsp3) is 0.364. The summed E-state index contributed by atoms with van der Waals surface area (Å²) in [6.45, 7) is 4.90. The number of hydrogen-bond donors (Lipinski definition) is 1. The van der Waals surface area contributed by atoms with Crippen molar-refractivity contribution in [2.75, 3.05) is 26.2 Å². The van der Waals surface area contributed by atoms with E-state index in [0.717, 1.165) is 36.7 Å². The fourth-order valence-electron chi connectivity index (χ4n) is 4.07. The number of aryl methyl sites for hydroxylation is 1. The molecule has 0 radical (unpaired) electrons. The van der Waals surface area contributed by atoms with Crippen molar-refractivity contribution in [3.63, 3.8) is 0 Å². The molecule has 1 fully saturated rings. The predicted octanol–water partition coefficient (Wildman–Crippen LogP) is 5.92. The van der Waals surface area contributed by atoms with E-state index in [-0.39, 0.29) is 34.9 Å². The summed E-state index contributed by atoms with van der Waals surface area (Å²) in [5, 5.41) is 9.85. The maximum absolute atomic E-state index is 13.2. The summed E-state index contributed by atoms with van der Waals surface area (Å²) in [6, 6.07) is 5.21. The predicted molar refractivity (Wildman–Crippen MR) is 121 cm³/mol. The van der Waals surface area contributed by atoms with Gasteiger partial charge in [0.05, 0.1) is 23.2 Å². The first-order valence-corrected chi connectivity index (χ1v) is 12.6. The number of rotatable bonds is 7. The van der Waals surface area contributed by atoms with Gasteiger partial charge in [-0.3, -0.25) is 9.36 Å². The van der Waals surface area contributed by atoms with Crippen molar-refractivity contribution < 1.29 is 29.3 Å². The summed E-state index contributed by atoms with van der Waals surface area (Å²) in [5.41, 5.74) is -1.23. The van der Waals surface area contributed by atoms with E-state index in [0.29, 0.717) is 12.4 Å². The first-order chi connectivity index (χ1) is 15.7. The molecule has 12 heteroatoms. The van der Waals surface area contributed by atoms with E-state index in [4.69, 9.17) is 4.74 Å². The Kier molecular flexibility index (Phi) is 5.60. The standard InChI is InChI=1S/C22H24F5N3O3S/c1-15-28-19-7-6-17(34(23,24,25,26)27)14-18(19)22(32)30(15)20-8-5-16(13-21(20)31)33-12-4-11-29-9-2-3-10-29/h5-8,13-14,31H,2-4,9-12H2,1H3. The highest BCUT2D eigenvalue weighted by molar-refractivity contribution is 8.45. The zero-order chi connectivity index (χ0) is 24.8. The molecule has 1 aliphatic rings. The van der Waals surface area contributed by atoms with E-state index in [1.807, 2.05) is 0 Å².